The number of halogens is 2. The monoisotopic (exact) mass is 598 g/mol. The number of hydrogen-bond acceptors (Lipinski definition) is 7. The highest BCUT2D eigenvalue weighted by Gasteiger charge is 2.47. The lowest BCUT2D eigenvalue weighted by atomic mass is 9.85. The normalized spacial score (nSPS) is 33.0. The highest BCUT2D eigenvalue weighted by molar-refractivity contribution is 7.89. The number of hydrogen-bond donors (Lipinski definition) is 2. The standard InChI is InChI=1S/C29H44F2N4O5S/c30-29(31)9-7-19(8-10-29)14-32-23-3-1-20(2-4-23)18-41(37,38)35-24-5-6-25(35)12-21(11-24)15-33-28(36)26-13-27(40-34-26)22-16-39-17-22/h13,19-25,32H,1-12,14-18H2,(H,33,36)/t20?,21?,23?,24-,25+. The molecule has 12 heteroatoms. The fraction of sp³-hybridized carbons (Fsp3) is 0.862. The minimum atomic E-state index is -3.36. The van der Waals surface area contributed by atoms with E-state index < -0.39 is 15.9 Å². The van der Waals surface area contributed by atoms with Gasteiger partial charge < -0.3 is 19.9 Å². The summed E-state index contributed by atoms with van der Waals surface area (Å²) in [5.41, 5.74) is 0.276. The molecule has 3 atom stereocenters. The van der Waals surface area contributed by atoms with Crippen LogP contribution >= 0.6 is 0 Å². The van der Waals surface area contributed by atoms with Crippen molar-refractivity contribution in [1.29, 1.82) is 0 Å². The maximum absolute atomic E-state index is 13.6. The molecule has 2 bridgehead atoms. The van der Waals surface area contributed by atoms with Gasteiger partial charge in [-0.1, -0.05) is 5.16 Å². The Labute approximate surface area is 241 Å². The van der Waals surface area contributed by atoms with Crippen molar-refractivity contribution in [2.75, 3.05) is 32.1 Å². The number of nitrogens with zero attached hydrogens (tertiary/aromatic N) is 2. The largest absolute Gasteiger partial charge is 0.380 e. The van der Waals surface area contributed by atoms with Gasteiger partial charge in [-0.05, 0) is 88.5 Å². The number of sulfonamides is 1. The molecule has 6 rings (SSSR count). The molecule has 9 nitrogen and oxygen atoms in total. The number of alkyl halides is 2. The van der Waals surface area contributed by atoms with Gasteiger partial charge in [-0.25, -0.2) is 17.2 Å². The van der Waals surface area contributed by atoms with E-state index in [-0.39, 0.29) is 60.0 Å². The van der Waals surface area contributed by atoms with Crippen LogP contribution in [-0.2, 0) is 14.8 Å². The smallest absolute Gasteiger partial charge is 0.273 e. The molecule has 41 heavy (non-hydrogen) atoms. The fourth-order valence-corrected chi connectivity index (χ4v) is 10.1. The second-order valence-electron chi connectivity index (χ2n) is 13.3. The van der Waals surface area contributed by atoms with Crippen LogP contribution in [0.5, 0.6) is 0 Å². The maximum atomic E-state index is 13.6. The fourth-order valence-electron chi connectivity index (χ4n) is 7.74. The number of fused-ring (bicyclic) bond motifs is 2. The molecule has 2 aliphatic carbocycles. The van der Waals surface area contributed by atoms with Gasteiger partial charge in [0.05, 0.1) is 24.9 Å². The van der Waals surface area contributed by atoms with Gasteiger partial charge in [-0.2, -0.15) is 4.31 Å². The summed E-state index contributed by atoms with van der Waals surface area (Å²) in [5, 5.41) is 10.5. The molecule has 1 aromatic rings. The van der Waals surface area contributed by atoms with Crippen molar-refractivity contribution in [1.82, 2.24) is 20.1 Å². The van der Waals surface area contributed by atoms with Crippen LogP contribution in [0.1, 0.15) is 99.2 Å². The van der Waals surface area contributed by atoms with E-state index >= 15 is 0 Å². The first-order valence-corrected chi connectivity index (χ1v) is 17.2. The number of nitrogens with one attached hydrogen (secondary N) is 2. The van der Waals surface area contributed by atoms with Crippen molar-refractivity contribution < 1.29 is 31.3 Å². The third kappa shape index (κ3) is 6.96. The number of carbonyl (C=O) groups excluding carboxylic acids is 1. The molecule has 1 aromatic heterocycles. The van der Waals surface area contributed by atoms with Crippen molar-refractivity contribution >= 4 is 15.9 Å². The lowest BCUT2D eigenvalue weighted by molar-refractivity contribution is -0.0457. The first kappa shape index (κ1) is 29.4. The zero-order valence-electron chi connectivity index (χ0n) is 23.7. The van der Waals surface area contributed by atoms with Crippen LogP contribution in [-0.4, -0.2) is 79.9 Å². The highest BCUT2D eigenvalue weighted by Crippen LogP contribution is 2.42. The Morgan fingerprint density at radius 1 is 0.951 bits per heavy atom. The van der Waals surface area contributed by atoms with Gasteiger partial charge in [0.1, 0.15) is 5.76 Å². The summed E-state index contributed by atoms with van der Waals surface area (Å²) in [5.74, 6) is -0.949. The molecule has 4 heterocycles. The molecule has 0 spiro atoms. The van der Waals surface area contributed by atoms with Crippen LogP contribution in [0.4, 0.5) is 8.78 Å². The van der Waals surface area contributed by atoms with Crippen molar-refractivity contribution in [2.45, 2.75) is 107 Å². The predicted octanol–water partition coefficient (Wildman–Crippen LogP) is 4.06. The Balaban J connectivity index is 0.926. The molecule has 1 unspecified atom stereocenters. The molecular weight excluding hydrogens is 554 g/mol. The van der Waals surface area contributed by atoms with Crippen LogP contribution < -0.4 is 10.6 Å². The average molecular weight is 599 g/mol. The molecule has 0 radical (unpaired) electrons. The van der Waals surface area contributed by atoms with Crippen molar-refractivity contribution in [3.63, 3.8) is 0 Å². The summed E-state index contributed by atoms with van der Waals surface area (Å²) >= 11 is 0. The van der Waals surface area contributed by atoms with E-state index in [0.29, 0.717) is 50.3 Å². The van der Waals surface area contributed by atoms with E-state index in [9.17, 15) is 22.0 Å². The molecule has 230 valence electrons. The van der Waals surface area contributed by atoms with Crippen LogP contribution in [0.15, 0.2) is 10.6 Å². The van der Waals surface area contributed by atoms with Crippen molar-refractivity contribution in [3.05, 3.63) is 17.5 Å². The van der Waals surface area contributed by atoms with Gasteiger partial charge >= 0.3 is 0 Å². The molecule has 3 saturated heterocycles. The number of aromatic nitrogens is 1. The zero-order chi connectivity index (χ0) is 28.6. The Hall–Kier alpha value is -1.63. The summed E-state index contributed by atoms with van der Waals surface area (Å²) in [6, 6.07) is 2.07. The molecular formula is C29H44F2N4O5S. The summed E-state index contributed by atoms with van der Waals surface area (Å²) in [4.78, 5) is 12.6. The Morgan fingerprint density at radius 3 is 2.27 bits per heavy atom. The summed E-state index contributed by atoms with van der Waals surface area (Å²) in [6.45, 7) is 2.48. The number of piperidine rings is 1. The first-order valence-electron chi connectivity index (χ1n) is 15.6. The molecule has 5 aliphatic rings. The van der Waals surface area contributed by atoms with Gasteiger partial charge in [-0.3, -0.25) is 4.79 Å². The van der Waals surface area contributed by atoms with E-state index in [1.807, 2.05) is 4.31 Å². The third-order valence-corrected chi connectivity index (χ3v) is 12.4. The second kappa shape index (κ2) is 12.2. The molecule has 0 aromatic carbocycles. The molecule has 2 saturated carbocycles. The van der Waals surface area contributed by atoms with E-state index in [1.165, 1.54) is 0 Å². The van der Waals surface area contributed by atoms with Crippen molar-refractivity contribution in [3.8, 4) is 0 Å². The highest BCUT2D eigenvalue weighted by atomic mass is 32.2. The third-order valence-electron chi connectivity index (χ3n) is 10.3. The Kier molecular flexibility index (Phi) is 8.74. The van der Waals surface area contributed by atoms with Gasteiger partial charge in [0.2, 0.25) is 15.9 Å². The Bertz CT molecular complexity index is 1140. The minimum absolute atomic E-state index is 0.00178. The number of carbonyl (C=O) groups is 1. The molecule has 1 amide bonds. The van der Waals surface area contributed by atoms with Gasteiger partial charge in [0.15, 0.2) is 5.69 Å². The van der Waals surface area contributed by atoms with E-state index in [1.54, 1.807) is 6.07 Å². The SMILES string of the molecule is O=C(NCC1C[C@H]2CC[C@@H](C1)N2S(=O)(=O)CC1CCC(NCC2CCC(F)(F)CC2)CC1)c1cc(C2COC2)on1. The second-order valence-corrected chi connectivity index (χ2v) is 15.2. The lowest BCUT2D eigenvalue weighted by Crippen LogP contribution is -2.50. The van der Waals surface area contributed by atoms with Crippen LogP contribution in [0.25, 0.3) is 0 Å². The quantitative estimate of drug-likeness (QED) is 0.418. The van der Waals surface area contributed by atoms with E-state index in [0.717, 1.165) is 57.9 Å². The number of ether oxygens (including phenoxy) is 1. The number of rotatable bonds is 10. The van der Waals surface area contributed by atoms with Crippen LogP contribution in [0.2, 0.25) is 0 Å². The maximum Gasteiger partial charge on any atom is 0.273 e. The van der Waals surface area contributed by atoms with E-state index in [2.05, 4.69) is 15.8 Å². The van der Waals surface area contributed by atoms with Crippen LogP contribution in [0.3, 0.4) is 0 Å². The van der Waals surface area contributed by atoms with Crippen LogP contribution in [0, 0.1) is 17.8 Å². The van der Waals surface area contributed by atoms with Gasteiger partial charge in [-0.15, -0.1) is 0 Å². The number of amides is 1. The van der Waals surface area contributed by atoms with Crippen molar-refractivity contribution in [2.24, 2.45) is 17.8 Å². The average Bonchev–Trinajstić information content (AvgIpc) is 3.49. The van der Waals surface area contributed by atoms with E-state index in [4.69, 9.17) is 9.26 Å². The minimum Gasteiger partial charge on any atom is -0.380 e. The van der Waals surface area contributed by atoms with Gasteiger partial charge in [0, 0.05) is 43.6 Å². The predicted molar refractivity (Wildman–Crippen MR) is 148 cm³/mol. The topological polar surface area (TPSA) is 114 Å². The molecule has 2 N–H and O–H groups in total. The van der Waals surface area contributed by atoms with Gasteiger partial charge in [0.25, 0.3) is 5.91 Å². The Morgan fingerprint density at radius 2 is 1.63 bits per heavy atom. The summed E-state index contributed by atoms with van der Waals surface area (Å²) in [6.07, 6.45) is 8.11. The molecule has 5 fully saturated rings. The summed E-state index contributed by atoms with van der Waals surface area (Å²) < 4.78 is 66.3. The zero-order valence-corrected chi connectivity index (χ0v) is 24.6. The lowest BCUT2D eigenvalue weighted by Gasteiger charge is -2.39. The summed E-state index contributed by atoms with van der Waals surface area (Å²) in [7, 11) is -3.36. The molecule has 3 aliphatic heterocycles. The first-order chi connectivity index (χ1) is 19.6.